The van der Waals surface area contributed by atoms with Crippen molar-refractivity contribution in [1.29, 1.82) is 0 Å². The van der Waals surface area contributed by atoms with E-state index in [0.717, 1.165) is 32.4 Å². The van der Waals surface area contributed by atoms with Crippen molar-refractivity contribution in [3.8, 4) is 0 Å². The summed E-state index contributed by atoms with van der Waals surface area (Å²) >= 11 is 0. The summed E-state index contributed by atoms with van der Waals surface area (Å²) in [7, 11) is 1.92. The monoisotopic (exact) mass is 262 g/mol. The third-order valence-corrected chi connectivity index (χ3v) is 4.27. The van der Waals surface area contributed by atoms with Crippen molar-refractivity contribution >= 4 is 5.91 Å². The fourth-order valence-corrected chi connectivity index (χ4v) is 3.28. The van der Waals surface area contributed by atoms with Gasteiger partial charge in [0, 0.05) is 37.8 Å². The summed E-state index contributed by atoms with van der Waals surface area (Å²) < 4.78 is 1.81. The molecule has 0 aliphatic carbocycles. The highest BCUT2D eigenvalue weighted by molar-refractivity contribution is 5.77. The predicted molar refractivity (Wildman–Crippen MR) is 72.5 cm³/mol. The largest absolute Gasteiger partial charge is 0.335 e. The lowest BCUT2D eigenvalue weighted by Gasteiger charge is -2.25. The molecule has 104 valence electrons. The summed E-state index contributed by atoms with van der Waals surface area (Å²) in [5.41, 5.74) is 1.17. The van der Waals surface area contributed by atoms with E-state index in [4.69, 9.17) is 0 Å². The summed E-state index contributed by atoms with van der Waals surface area (Å²) in [5, 5.41) is 7.63. The van der Waals surface area contributed by atoms with Crippen LogP contribution in [0.4, 0.5) is 0 Å². The van der Waals surface area contributed by atoms with Crippen LogP contribution in [0, 0.1) is 0 Å². The van der Waals surface area contributed by atoms with Crippen molar-refractivity contribution in [2.24, 2.45) is 7.05 Å². The number of rotatable bonds is 3. The normalized spacial score (nSPS) is 27.1. The van der Waals surface area contributed by atoms with Gasteiger partial charge in [0.15, 0.2) is 0 Å². The van der Waals surface area contributed by atoms with Crippen LogP contribution >= 0.6 is 0 Å². The molecule has 2 aliphatic rings. The molecule has 0 saturated carbocycles. The van der Waals surface area contributed by atoms with Crippen molar-refractivity contribution < 1.29 is 4.79 Å². The van der Waals surface area contributed by atoms with Crippen molar-refractivity contribution in [2.75, 3.05) is 13.1 Å². The highest BCUT2D eigenvalue weighted by Crippen LogP contribution is 2.32. The highest BCUT2D eigenvalue weighted by atomic mass is 16.2. The van der Waals surface area contributed by atoms with E-state index in [1.54, 1.807) is 0 Å². The number of aryl methyl sites for hydroxylation is 1. The van der Waals surface area contributed by atoms with E-state index in [1.165, 1.54) is 12.0 Å². The van der Waals surface area contributed by atoms with Gasteiger partial charge >= 0.3 is 0 Å². The SMILES string of the molecule is Cn1cc(C2CCCN2C(=O)CC2CCCN2)cn1. The quantitative estimate of drug-likeness (QED) is 0.891. The van der Waals surface area contributed by atoms with Crippen LogP contribution in [0.2, 0.25) is 0 Å². The van der Waals surface area contributed by atoms with E-state index in [9.17, 15) is 4.79 Å². The summed E-state index contributed by atoms with van der Waals surface area (Å²) in [6.07, 6.45) is 9.07. The molecule has 19 heavy (non-hydrogen) atoms. The van der Waals surface area contributed by atoms with Gasteiger partial charge < -0.3 is 10.2 Å². The Morgan fingerprint density at radius 2 is 2.37 bits per heavy atom. The molecule has 0 radical (unpaired) electrons. The van der Waals surface area contributed by atoms with Crippen LogP contribution in [0.15, 0.2) is 12.4 Å². The standard InChI is InChI=1S/C14H22N4O/c1-17-10-11(9-16-17)13-5-3-7-18(13)14(19)8-12-4-2-6-15-12/h9-10,12-13,15H,2-8H2,1H3. The topological polar surface area (TPSA) is 50.2 Å². The minimum Gasteiger partial charge on any atom is -0.335 e. The summed E-state index contributed by atoms with van der Waals surface area (Å²) in [6, 6.07) is 0.630. The van der Waals surface area contributed by atoms with Gasteiger partial charge in [0.25, 0.3) is 0 Å². The minimum absolute atomic E-state index is 0.239. The maximum absolute atomic E-state index is 12.5. The molecule has 0 spiro atoms. The first kappa shape index (κ1) is 12.7. The second-order valence-corrected chi connectivity index (χ2v) is 5.69. The molecule has 0 bridgehead atoms. The number of aromatic nitrogens is 2. The van der Waals surface area contributed by atoms with Crippen LogP contribution in [-0.4, -0.2) is 39.7 Å². The number of carbonyl (C=O) groups is 1. The molecule has 1 N–H and O–H groups in total. The third kappa shape index (κ3) is 2.66. The number of carbonyl (C=O) groups excluding carboxylic acids is 1. The first-order chi connectivity index (χ1) is 9.24. The molecule has 1 aromatic rings. The van der Waals surface area contributed by atoms with Gasteiger partial charge in [-0.05, 0) is 32.2 Å². The highest BCUT2D eigenvalue weighted by Gasteiger charge is 2.32. The fraction of sp³-hybridized carbons (Fsp3) is 0.714. The number of likely N-dealkylation sites (tertiary alicyclic amines) is 1. The van der Waals surface area contributed by atoms with Crippen molar-refractivity contribution in [3.05, 3.63) is 18.0 Å². The Hall–Kier alpha value is -1.36. The van der Waals surface area contributed by atoms with Gasteiger partial charge in [-0.25, -0.2) is 0 Å². The zero-order valence-electron chi connectivity index (χ0n) is 11.5. The Bertz CT molecular complexity index is 450. The lowest BCUT2D eigenvalue weighted by atomic mass is 10.1. The Labute approximate surface area is 114 Å². The van der Waals surface area contributed by atoms with Gasteiger partial charge in [-0.1, -0.05) is 0 Å². The lowest BCUT2D eigenvalue weighted by Crippen LogP contribution is -2.35. The Morgan fingerprint density at radius 1 is 1.47 bits per heavy atom. The van der Waals surface area contributed by atoms with Gasteiger partial charge in [0.05, 0.1) is 12.2 Å². The van der Waals surface area contributed by atoms with Gasteiger partial charge in [-0.15, -0.1) is 0 Å². The summed E-state index contributed by atoms with van der Waals surface area (Å²) in [5.74, 6) is 0.297. The molecule has 2 fully saturated rings. The Morgan fingerprint density at radius 3 is 3.05 bits per heavy atom. The van der Waals surface area contributed by atoms with Crippen LogP contribution < -0.4 is 5.32 Å². The molecule has 1 amide bonds. The van der Waals surface area contributed by atoms with E-state index in [-0.39, 0.29) is 6.04 Å². The van der Waals surface area contributed by atoms with Crippen LogP contribution in [0.3, 0.4) is 0 Å². The zero-order chi connectivity index (χ0) is 13.2. The number of hydrogen-bond donors (Lipinski definition) is 1. The Kier molecular flexibility index (Phi) is 3.55. The molecular formula is C14H22N4O. The van der Waals surface area contributed by atoms with Crippen LogP contribution in [-0.2, 0) is 11.8 Å². The van der Waals surface area contributed by atoms with Crippen LogP contribution in [0.5, 0.6) is 0 Å². The van der Waals surface area contributed by atoms with Gasteiger partial charge in [0.2, 0.25) is 5.91 Å². The maximum atomic E-state index is 12.5. The minimum atomic E-state index is 0.239. The second-order valence-electron chi connectivity index (χ2n) is 5.69. The molecule has 3 rings (SSSR count). The van der Waals surface area contributed by atoms with Gasteiger partial charge in [0.1, 0.15) is 0 Å². The molecule has 5 heteroatoms. The van der Waals surface area contributed by atoms with E-state index < -0.39 is 0 Å². The molecule has 2 saturated heterocycles. The molecule has 3 heterocycles. The van der Waals surface area contributed by atoms with Crippen LogP contribution in [0.1, 0.15) is 43.7 Å². The molecule has 2 aliphatic heterocycles. The predicted octanol–water partition coefficient (Wildman–Crippen LogP) is 1.23. The number of nitrogens with one attached hydrogen (secondary N) is 1. The molecule has 0 aromatic carbocycles. The molecule has 1 aromatic heterocycles. The fourth-order valence-electron chi connectivity index (χ4n) is 3.28. The van der Waals surface area contributed by atoms with Crippen molar-refractivity contribution in [2.45, 2.75) is 44.2 Å². The third-order valence-electron chi connectivity index (χ3n) is 4.27. The van der Waals surface area contributed by atoms with Crippen LogP contribution in [0.25, 0.3) is 0 Å². The molecule has 2 atom stereocenters. The van der Waals surface area contributed by atoms with E-state index >= 15 is 0 Å². The maximum Gasteiger partial charge on any atom is 0.224 e. The summed E-state index contributed by atoms with van der Waals surface area (Å²) in [6.45, 7) is 1.95. The van der Waals surface area contributed by atoms with E-state index in [0.29, 0.717) is 18.4 Å². The average molecular weight is 262 g/mol. The Balaban J connectivity index is 1.66. The summed E-state index contributed by atoms with van der Waals surface area (Å²) in [4.78, 5) is 14.5. The number of amides is 1. The second kappa shape index (κ2) is 5.33. The van der Waals surface area contributed by atoms with Crippen molar-refractivity contribution in [1.82, 2.24) is 20.0 Å². The van der Waals surface area contributed by atoms with Gasteiger partial charge in [-0.3, -0.25) is 9.48 Å². The van der Waals surface area contributed by atoms with Gasteiger partial charge in [-0.2, -0.15) is 5.10 Å². The molecule has 2 unspecified atom stereocenters. The smallest absolute Gasteiger partial charge is 0.224 e. The lowest BCUT2D eigenvalue weighted by molar-refractivity contribution is -0.132. The first-order valence-corrected chi connectivity index (χ1v) is 7.25. The van der Waals surface area contributed by atoms with E-state index in [2.05, 4.69) is 15.3 Å². The number of nitrogens with zero attached hydrogens (tertiary/aromatic N) is 3. The average Bonchev–Trinajstić information content (AvgIpc) is 3.07. The molecule has 5 nitrogen and oxygen atoms in total. The zero-order valence-corrected chi connectivity index (χ0v) is 11.5. The van der Waals surface area contributed by atoms with E-state index in [1.807, 2.05) is 24.1 Å². The number of hydrogen-bond acceptors (Lipinski definition) is 3. The first-order valence-electron chi connectivity index (χ1n) is 7.25. The molecular weight excluding hydrogens is 240 g/mol. The van der Waals surface area contributed by atoms with Crippen molar-refractivity contribution in [3.63, 3.8) is 0 Å².